The largest absolute Gasteiger partial charge is 0.478 e. The van der Waals surface area contributed by atoms with Crippen molar-refractivity contribution in [2.75, 3.05) is 19.0 Å². The number of ether oxygens (including phenoxy) is 1. The summed E-state index contributed by atoms with van der Waals surface area (Å²) in [5.74, 6) is -1.64. The molecule has 21 heavy (non-hydrogen) atoms. The molecule has 0 bridgehead atoms. The summed E-state index contributed by atoms with van der Waals surface area (Å²) < 4.78 is 29.6. The van der Waals surface area contributed by atoms with E-state index in [0.29, 0.717) is 6.61 Å². The van der Waals surface area contributed by atoms with Crippen LogP contribution in [0.3, 0.4) is 0 Å². The van der Waals surface area contributed by atoms with Crippen molar-refractivity contribution in [3.05, 3.63) is 27.7 Å². The van der Waals surface area contributed by atoms with Gasteiger partial charge in [-0.2, -0.15) is 0 Å². The van der Waals surface area contributed by atoms with Crippen molar-refractivity contribution >= 4 is 39.0 Å². The molecule has 8 heteroatoms. The van der Waals surface area contributed by atoms with Crippen LogP contribution in [-0.2, 0) is 14.6 Å². The minimum atomic E-state index is -3.73. The highest BCUT2D eigenvalue weighted by Crippen LogP contribution is 2.31. The van der Waals surface area contributed by atoms with Gasteiger partial charge < -0.3 is 9.84 Å². The Kier molecular flexibility index (Phi) is 6.93. The van der Waals surface area contributed by atoms with E-state index in [4.69, 9.17) is 33.0 Å². The van der Waals surface area contributed by atoms with Gasteiger partial charge in [0.15, 0.2) is 9.84 Å². The Hall–Kier alpha value is -0.820. The smallest absolute Gasteiger partial charge is 0.338 e. The number of unbranched alkanes of at least 4 members (excludes halogenated alkanes) is 1. The lowest BCUT2D eigenvalue weighted by atomic mass is 10.2. The zero-order chi connectivity index (χ0) is 16.0. The van der Waals surface area contributed by atoms with Crippen LogP contribution in [0.1, 0.15) is 30.1 Å². The van der Waals surface area contributed by atoms with Gasteiger partial charge >= 0.3 is 5.97 Å². The fourth-order valence-corrected chi connectivity index (χ4v) is 3.69. The average molecular weight is 355 g/mol. The van der Waals surface area contributed by atoms with Crippen molar-refractivity contribution in [3.63, 3.8) is 0 Å². The van der Waals surface area contributed by atoms with Crippen LogP contribution in [0.25, 0.3) is 0 Å². The second-order valence-corrected chi connectivity index (χ2v) is 7.19. The van der Waals surface area contributed by atoms with Crippen molar-refractivity contribution in [1.29, 1.82) is 0 Å². The first-order valence-corrected chi connectivity index (χ1v) is 8.74. The van der Waals surface area contributed by atoms with Gasteiger partial charge in [-0.3, -0.25) is 0 Å². The van der Waals surface area contributed by atoms with Gasteiger partial charge in [0.1, 0.15) is 0 Å². The molecule has 118 valence electrons. The average Bonchev–Trinajstić information content (AvgIpc) is 2.37. The van der Waals surface area contributed by atoms with Crippen molar-refractivity contribution in [2.45, 2.75) is 24.7 Å². The quantitative estimate of drug-likeness (QED) is 0.724. The van der Waals surface area contributed by atoms with Crippen LogP contribution in [0, 0.1) is 0 Å². The topological polar surface area (TPSA) is 80.7 Å². The van der Waals surface area contributed by atoms with E-state index < -0.39 is 21.4 Å². The molecule has 1 aromatic rings. The molecule has 0 aliphatic carbocycles. The Morgan fingerprint density at radius 3 is 2.52 bits per heavy atom. The summed E-state index contributed by atoms with van der Waals surface area (Å²) in [5.41, 5.74) is -0.411. The second-order valence-electron chi connectivity index (χ2n) is 4.32. The second kappa shape index (κ2) is 7.98. The molecule has 0 aliphatic heterocycles. The van der Waals surface area contributed by atoms with Crippen LogP contribution >= 0.6 is 23.2 Å². The van der Waals surface area contributed by atoms with Crippen molar-refractivity contribution in [1.82, 2.24) is 0 Å². The highest BCUT2D eigenvalue weighted by Gasteiger charge is 2.24. The van der Waals surface area contributed by atoms with Crippen LogP contribution in [0.2, 0.25) is 10.0 Å². The molecule has 0 amide bonds. The summed E-state index contributed by atoms with van der Waals surface area (Å²) in [5, 5.41) is 8.54. The standard InChI is InChI=1S/C13H16Cl2O5S/c1-2-3-6-20-7-8-21(18,19)10-5-4-9(14)11(12(10)15)13(16)17/h4-5H,2-3,6-8H2,1H3,(H,16,17). The fourth-order valence-electron chi connectivity index (χ4n) is 1.60. The summed E-state index contributed by atoms with van der Waals surface area (Å²) >= 11 is 11.6. The lowest BCUT2D eigenvalue weighted by Gasteiger charge is -2.10. The Morgan fingerprint density at radius 1 is 1.29 bits per heavy atom. The van der Waals surface area contributed by atoms with Gasteiger partial charge in [-0.05, 0) is 18.6 Å². The van der Waals surface area contributed by atoms with E-state index in [2.05, 4.69) is 0 Å². The minimum Gasteiger partial charge on any atom is -0.478 e. The number of carboxylic acids is 1. The molecule has 1 N–H and O–H groups in total. The fraction of sp³-hybridized carbons (Fsp3) is 0.462. The highest BCUT2D eigenvalue weighted by molar-refractivity contribution is 7.91. The van der Waals surface area contributed by atoms with Gasteiger partial charge in [0.25, 0.3) is 0 Å². The summed E-state index contributed by atoms with van der Waals surface area (Å²) in [4.78, 5) is 10.8. The number of hydrogen-bond acceptors (Lipinski definition) is 4. The maximum Gasteiger partial charge on any atom is 0.338 e. The Bertz CT molecular complexity index is 613. The van der Waals surface area contributed by atoms with Crippen molar-refractivity contribution < 1.29 is 23.1 Å². The van der Waals surface area contributed by atoms with E-state index in [1.165, 1.54) is 12.1 Å². The molecule has 1 rings (SSSR count). The third-order valence-corrected chi connectivity index (χ3v) is 5.28. The predicted molar refractivity (Wildman–Crippen MR) is 81.2 cm³/mol. The molecule has 0 heterocycles. The third-order valence-electron chi connectivity index (χ3n) is 2.74. The molecule has 5 nitrogen and oxygen atoms in total. The molecular weight excluding hydrogens is 339 g/mol. The molecule has 0 radical (unpaired) electrons. The number of rotatable bonds is 8. The van der Waals surface area contributed by atoms with Crippen LogP contribution in [-0.4, -0.2) is 38.5 Å². The summed E-state index contributed by atoms with van der Waals surface area (Å²) in [6.07, 6.45) is 1.81. The van der Waals surface area contributed by atoms with Crippen molar-refractivity contribution in [2.24, 2.45) is 0 Å². The number of hydrogen-bond donors (Lipinski definition) is 1. The SMILES string of the molecule is CCCCOCCS(=O)(=O)c1ccc(Cl)c(C(=O)O)c1Cl. The third kappa shape index (κ3) is 4.85. The van der Waals surface area contributed by atoms with Gasteiger partial charge in [-0.25, -0.2) is 13.2 Å². The van der Waals surface area contributed by atoms with E-state index in [1.807, 2.05) is 6.92 Å². The van der Waals surface area contributed by atoms with Crippen LogP contribution < -0.4 is 0 Å². The maximum absolute atomic E-state index is 12.2. The molecule has 1 aromatic carbocycles. The van der Waals surface area contributed by atoms with Gasteiger partial charge in [-0.1, -0.05) is 36.5 Å². The van der Waals surface area contributed by atoms with Crippen molar-refractivity contribution in [3.8, 4) is 0 Å². The molecule has 0 fully saturated rings. The monoisotopic (exact) mass is 354 g/mol. The predicted octanol–water partition coefficient (Wildman–Crippen LogP) is 3.28. The Balaban J connectivity index is 2.94. The van der Waals surface area contributed by atoms with Gasteiger partial charge in [-0.15, -0.1) is 0 Å². The van der Waals surface area contributed by atoms with Crippen LogP contribution in [0.4, 0.5) is 0 Å². The van der Waals surface area contributed by atoms with E-state index in [0.717, 1.165) is 12.8 Å². The molecular formula is C13H16Cl2O5S. The van der Waals surface area contributed by atoms with Crippen LogP contribution in [0.5, 0.6) is 0 Å². The van der Waals surface area contributed by atoms with E-state index >= 15 is 0 Å². The number of carbonyl (C=O) groups is 1. The normalized spacial score (nSPS) is 11.6. The van der Waals surface area contributed by atoms with E-state index in [1.54, 1.807) is 0 Å². The first-order valence-electron chi connectivity index (χ1n) is 6.33. The van der Waals surface area contributed by atoms with E-state index in [9.17, 15) is 13.2 Å². The molecule has 0 spiro atoms. The van der Waals surface area contributed by atoms with E-state index in [-0.39, 0.29) is 27.3 Å². The summed E-state index contributed by atoms with van der Waals surface area (Å²) in [7, 11) is -3.73. The molecule has 0 aliphatic rings. The lowest BCUT2D eigenvalue weighted by molar-refractivity contribution is 0.0697. The van der Waals surface area contributed by atoms with Gasteiger partial charge in [0, 0.05) is 6.61 Å². The number of benzene rings is 1. The molecule has 0 saturated carbocycles. The number of sulfone groups is 1. The Morgan fingerprint density at radius 2 is 1.95 bits per heavy atom. The first-order chi connectivity index (χ1) is 9.81. The van der Waals surface area contributed by atoms with Gasteiger partial charge in [0.05, 0.1) is 32.9 Å². The van der Waals surface area contributed by atoms with Gasteiger partial charge in [0.2, 0.25) is 0 Å². The number of aromatic carboxylic acids is 1. The lowest BCUT2D eigenvalue weighted by Crippen LogP contribution is -2.14. The summed E-state index contributed by atoms with van der Waals surface area (Å²) in [6, 6.07) is 2.42. The number of halogens is 2. The molecule has 0 aromatic heterocycles. The number of carboxylic acid groups (broad SMARTS) is 1. The minimum absolute atomic E-state index is 0.0314. The highest BCUT2D eigenvalue weighted by atomic mass is 35.5. The molecule has 0 unspecified atom stereocenters. The molecule has 0 saturated heterocycles. The zero-order valence-electron chi connectivity index (χ0n) is 11.4. The van der Waals surface area contributed by atoms with Crippen LogP contribution in [0.15, 0.2) is 17.0 Å². The first kappa shape index (κ1) is 18.2. The maximum atomic E-state index is 12.2. The summed E-state index contributed by atoms with van der Waals surface area (Å²) in [6.45, 7) is 2.52. The molecule has 0 atom stereocenters. The zero-order valence-corrected chi connectivity index (χ0v) is 13.8. The Labute approximate surface area is 133 Å².